The first kappa shape index (κ1) is 17.1. The first-order valence-corrected chi connectivity index (χ1v) is 8.66. The summed E-state index contributed by atoms with van der Waals surface area (Å²) in [7, 11) is 0. The molecule has 25 heavy (non-hydrogen) atoms. The average molecular weight is 394 g/mol. The quantitative estimate of drug-likeness (QED) is 0.523. The molecule has 0 amide bonds. The molecule has 0 saturated heterocycles. The molecule has 0 aromatic heterocycles. The number of nitrogens with zero attached hydrogens (tertiary/aromatic N) is 1. The molecule has 0 radical (unpaired) electrons. The molecule has 3 nitrogen and oxygen atoms in total. The van der Waals surface area contributed by atoms with E-state index in [1.807, 2.05) is 72.8 Å². The first-order valence-electron chi connectivity index (χ1n) is 7.86. The van der Waals surface area contributed by atoms with Gasteiger partial charge in [-0.1, -0.05) is 46.3 Å². The van der Waals surface area contributed by atoms with E-state index in [2.05, 4.69) is 22.0 Å². The van der Waals surface area contributed by atoms with Gasteiger partial charge in [0.05, 0.1) is 11.6 Å². The molecule has 3 aromatic carbocycles. The lowest BCUT2D eigenvalue weighted by Gasteiger charge is -2.09. The van der Waals surface area contributed by atoms with Gasteiger partial charge in [0, 0.05) is 4.47 Å². The number of halogens is 1. The molecule has 3 aromatic rings. The van der Waals surface area contributed by atoms with Crippen molar-refractivity contribution in [2.45, 2.75) is 0 Å². The predicted molar refractivity (Wildman–Crippen MR) is 102 cm³/mol. The summed E-state index contributed by atoms with van der Waals surface area (Å²) in [5.41, 5.74) is 2.82. The second-order valence-electron chi connectivity index (χ2n) is 5.37. The second-order valence-corrected chi connectivity index (χ2v) is 6.28. The highest BCUT2D eigenvalue weighted by Crippen LogP contribution is 2.23. The van der Waals surface area contributed by atoms with E-state index < -0.39 is 0 Å². The van der Waals surface area contributed by atoms with E-state index in [9.17, 15) is 0 Å². The largest absolute Gasteiger partial charge is 0.490 e. The number of benzene rings is 3. The normalized spacial score (nSPS) is 10.1. The van der Waals surface area contributed by atoms with Crippen LogP contribution in [0.1, 0.15) is 5.56 Å². The van der Waals surface area contributed by atoms with E-state index in [1.54, 1.807) is 0 Å². The van der Waals surface area contributed by atoms with E-state index in [4.69, 9.17) is 14.7 Å². The topological polar surface area (TPSA) is 42.2 Å². The zero-order valence-electron chi connectivity index (χ0n) is 13.5. The van der Waals surface area contributed by atoms with Gasteiger partial charge >= 0.3 is 0 Å². The minimum atomic E-state index is 0.475. The van der Waals surface area contributed by atoms with Crippen molar-refractivity contribution >= 4 is 15.9 Å². The Morgan fingerprint density at radius 2 is 1.36 bits per heavy atom. The minimum Gasteiger partial charge on any atom is -0.490 e. The lowest BCUT2D eigenvalue weighted by Crippen LogP contribution is -2.08. The summed E-state index contributed by atoms with van der Waals surface area (Å²) in [6.07, 6.45) is 0. The molecule has 4 heteroatoms. The van der Waals surface area contributed by atoms with E-state index in [0.29, 0.717) is 18.8 Å². The fourth-order valence-electron chi connectivity index (χ4n) is 2.36. The van der Waals surface area contributed by atoms with Crippen LogP contribution in [0.3, 0.4) is 0 Å². The van der Waals surface area contributed by atoms with Gasteiger partial charge in [0.2, 0.25) is 0 Å². The van der Waals surface area contributed by atoms with Gasteiger partial charge in [-0.3, -0.25) is 0 Å². The van der Waals surface area contributed by atoms with E-state index >= 15 is 0 Å². The van der Waals surface area contributed by atoms with Crippen molar-refractivity contribution in [3.8, 4) is 28.7 Å². The molecule has 0 aliphatic carbocycles. The molecule has 0 saturated carbocycles. The van der Waals surface area contributed by atoms with E-state index in [0.717, 1.165) is 27.1 Å². The van der Waals surface area contributed by atoms with Crippen molar-refractivity contribution in [1.29, 1.82) is 5.26 Å². The Hall–Kier alpha value is -2.77. The highest BCUT2D eigenvalue weighted by molar-refractivity contribution is 9.10. The third kappa shape index (κ3) is 4.85. The maximum Gasteiger partial charge on any atom is 0.122 e. The Kier molecular flexibility index (Phi) is 5.71. The average Bonchev–Trinajstić information content (AvgIpc) is 2.66. The van der Waals surface area contributed by atoms with Crippen LogP contribution in [-0.4, -0.2) is 13.2 Å². The van der Waals surface area contributed by atoms with Crippen molar-refractivity contribution < 1.29 is 9.47 Å². The third-order valence-electron chi connectivity index (χ3n) is 3.62. The molecule has 3 rings (SSSR count). The number of hydrogen-bond donors (Lipinski definition) is 0. The molecule has 0 heterocycles. The van der Waals surface area contributed by atoms with Gasteiger partial charge in [0.25, 0.3) is 0 Å². The number of hydrogen-bond acceptors (Lipinski definition) is 3. The molecular formula is C21H16BrNO2. The summed E-state index contributed by atoms with van der Waals surface area (Å²) in [6, 6.07) is 25.3. The summed E-state index contributed by atoms with van der Waals surface area (Å²) >= 11 is 3.41. The Labute approximate surface area is 155 Å². The lowest BCUT2D eigenvalue weighted by molar-refractivity contribution is 0.217. The molecule has 124 valence electrons. The first-order chi connectivity index (χ1) is 12.2. The summed E-state index contributed by atoms with van der Waals surface area (Å²) in [5, 5.41) is 8.85. The summed E-state index contributed by atoms with van der Waals surface area (Å²) < 4.78 is 12.3. The molecule has 0 aliphatic heterocycles. The summed E-state index contributed by atoms with van der Waals surface area (Å²) in [6.45, 7) is 0.955. The molecular weight excluding hydrogens is 378 g/mol. The smallest absolute Gasteiger partial charge is 0.122 e. The molecule has 0 aliphatic rings. The van der Waals surface area contributed by atoms with E-state index in [-0.39, 0.29) is 0 Å². The van der Waals surface area contributed by atoms with Gasteiger partial charge in [-0.15, -0.1) is 0 Å². The van der Waals surface area contributed by atoms with Gasteiger partial charge in [0.1, 0.15) is 24.7 Å². The molecule has 0 N–H and O–H groups in total. The van der Waals surface area contributed by atoms with Crippen molar-refractivity contribution in [2.24, 2.45) is 0 Å². The molecule has 0 spiro atoms. The zero-order valence-corrected chi connectivity index (χ0v) is 15.1. The maximum absolute atomic E-state index is 8.85. The fraction of sp³-hybridized carbons (Fsp3) is 0.0952. The van der Waals surface area contributed by atoms with Crippen LogP contribution in [0.25, 0.3) is 11.1 Å². The van der Waals surface area contributed by atoms with Crippen molar-refractivity contribution in [3.05, 3.63) is 82.8 Å². The van der Waals surface area contributed by atoms with Crippen LogP contribution in [0.4, 0.5) is 0 Å². The van der Waals surface area contributed by atoms with Crippen LogP contribution < -0.4 is 9.47 Å². The zero-order chi connectivity index (χ0) is 17.5. The maximum atomic E-state index is 8.85. The molecule has 0 fully saturated rings. The predicted octanol–water partition coefficient (Wildman–Crippen LogP) is 5.45. The summed E-state index contributed by atoms with van der Waals surface area (Å²) in [4.78, 5) is 0. The fourth-order valence-corrected chi connectivity index (χ4v) is 2.73. The number of rotatable bonds is 6. The third-order valence-corrected chi connectivity index (χ3v) is 4.11. The number of ether oxygens (including phenoxy) is 2. The summed E-state index contributed by atoms with van der Waals surface area (Å²) in [5.74, 6) is 1.62. The van der Waals surface area contributed by atoms with Gasteiger partial charge in [0.15, 0.2) is 0 Å². The Balaban J connectivity index is 1.51. The second kappa shape index (κ2) is 8.36. The van der Waals surface area contributed by atoms with Crippen LogP contribution in [0.15, 0.2) is 77.3 Å². The highest BCUT2D eigenvalue weighted by Gasteiger charge is 2.00. The SMILES string of the molecule is N#Cc1ccc(-c2ccc(OCCOc3cccc(Br)c3)cc2)cc1. The van der Waals surface area contributed by atoms with E-state index in [1.165, 1.54) is 0 Å². The van der Waals surface area contributed by atoms with Crippen molar-refractivity contribution in [3.63, 3.8) is 0 Å². The standard InChI is InChI=1S/C21H16BrNO2/c22-19-2-1-3-21(14-19)25-13-12-24-20-10-8-18(9-11-20)17-6-4-16(15-23)5-7-17/h1-11,14H,12-13H2. The highest BCUT2D eigenvalue weighted by atomic mass is 79.9. The Bertz CT molecular complexity index is 868. The van der Waals surface area contributed by atoms with Crippen LogP contribution in [0.5, 0.6) is 11.5 Å². The van der Waals surface area contributed by atoms with Gasteiger partial charge in [-0.2, -0.15) is 5.26 Å². The van der Waals surface area contributed by atoms with Crippen LogP contribution >= 0.6 is 15.9 Å². The molecule has 0 bridgehead atoms. The van der Waals surface area contributed by atoms with Crippen LogP contribution in [0, 0.1) is 11.3 Å². The van der Waals surface area contributed by atoms with Crippen LogP contribution in [-0.2, 0) is 0 Å². The molecule has 0 atom stereocenters. The Morgan fingerprint density at radius 1 is 0.760 bits per heavy atom. The van der Waals surface area contributed by atoms with Crippen molar-refractivity contribution in [2.75, 3.05) is 13.2 Å². The minimum absolute atomic E-state index is 0.475. The van der Waals surface area contributed by atoms with Crippen molar-refractivity contribution in [1.82, 2.24) is 0 Å². The molecule has 0 unspecified atom stereocenters. The monoisotopic (exact) mass is 393 g/mol. The van der Waals surface area contributed by atoms with Crippen LogP contribution in [0.2, 0.25) is 0 Å². The van der Waals surface area contributed by atoms with Gasteiger partial charge in [-0.05, 0) is 53.6 Å². The van der Waals surface area contributed by atoms with Gasteiger partial charge in [-0.25, -0.2) is 0 Å². The lowest BCUT2D eigenvalue weighted by atomic mass is 10.0. The Morgan fingerprint density at radius 3 is 1.96 bits per heavy atom. The van der Waals surface area contributed by atoms with Gasteiger partial charge < -0.3 is 9.47 Å². The number of nitriles is 1.